The number of hydrogen-bond donors (Lipinski definition) is 3. The smallest absolute Gasteiger partial charge is 0.243 e. The van der Waals surface area contributed by atoms with Gasteiger partial charge in [-0.1, -0.05) is 29.3 Å². The molecule has 1 aromatic carbocycles. The van der Waals surface area contributed by atoms with Crippen LogP contribution in [-0.4, -0.2) is 41.4 Å². The van der Waals surface area contributed by atoms with E-state index >= 15 is 0 Å². The van der Waals surface area contributed by atoms with Crippen LogP contribution in [0.1, 0.15) is 18.4 Å². The summed E-state index contributed by atoms with van der Waals surface area (Å²) >= 11 is 13.7. The number of nitrogens with two attached hydrogens (primary N) is 2. The molecule has 1 amide bonds. The summed E-state index contributed by atoms with van der Waals surface area (Å²) < 4.78 is 5.41. The Morgan fingerprint density at radius 2 is 1.97 bits per heavy atom. The molecule has 2 aromatic rings. The van der Waals surface area contributed by atoms with Crippen LogP contribution in [-0.2, 0) is 9.53 Å². The number of amides is 1. The third kappa shape index (κ3) is 5.33. The summed E-state index contributed by atoms with van der Waals surface area (Å²) in [6.07, 6.45) is 4.77. The molecule has 154 valence electrons. The molecular weight excluding hydrogens is 433 g/mol. The van der Waals surface area contributed by atoms with Gasteiger partial charge in [-0.25, -0.2) is 9.97 Å². The number of carbonyl (C=O) groups is 1. The minimum Gasteiger partial charge on any atom is -0.398 e. The van der Waals surface area contributed by atoms with E-state index in [0.29, 0.717) is 51.1 Å². The molecule has 0 unspecified atom stereocenters. The average Bonchev–Trinajstić information content (AvgIpc) is 2.69. The molecular formula is C19H21Cl2N5O2S. The highest BCUT2D eigenvalue weighted by Gasteiger charge is 2.21. The van der Waals surface area contributed by atoms with Crippen molar-refractivity contribution >= 4 is 52.5 Å². The van der Waals surface area contributed by atoms with Gasteiger partial charge in [0.15, 0.2) is 0 Å². The van der Waals surface area contributed by atoms with Crippen molar-refractivity contribution in [1.29, 1.82) is 0 Å². The maximum atomic E-state index is 11.4. The zero-order valence-electron chi connectivity index (χ0n) is 15.7. The van der Waals surface area contributed by atoms with Gasteiger partial charge in [0.1, 0.15) is 5.03 Å². The lowest BCUT2D eigenvalue weighted by Gasteiger charge is -2.24. The Labute approximate surface area is 183 Å². The molecule has 0 aliphatic carbocycles. The Morgan fingerprint density at radius 3 is 2.59 bits per heavy atom. The van der Waals surface area contributed by atoms with Crippen LogP contribution in [0.3, 0.4) is 0 Å². The SMILES string of the molecule is CSc1nc(NC2CCOCC2)nc(-c2ccc(Cl)c(Cl)c2)c1/C(N)=C/C(N)=O. The monoisotopic (exact) mass is 453 g/mol. The molecule has 3 rings (SSSR count). The molecule has 29 heavy (non-hydrogen) atoms. The van der Waals surface area contributed by atoms with Crippen LogP contribution in [0.25, 0.3) is 17.0 Å². The highest BCUT2D eigenvalue weighted by molar-refractivity contribution is 7.98. The van der Waals surface area contributed by atoms with Gasteiger partial charge in [-0.2, -0.15) is 0 Å². The number of anilines is 1. The van der Waals surface area contributed by atoms with E-state index in [4.69, 9.17) is 44.4 Å². The van der Waals surface area contributed by atoms with Crippen LogP contribution >= 0.6 is 35.0 Å². The number of thioether (sulfide) groups is 1. The third-order valence-corrected chi connectivity index (χ3v) is 5.82. The van der Waals surface area contributed by atoms with Crippen LogP contribution in [0.15, 0.2) is 29.3 Å². The molecule has 1 aliphatic heterocycles. The second kappa shape index (κ2) is 9.67. The number of rotatable bonds is 6. The standard InChI is InChI=1S/C19H21Cl2N5O2S/c1-29-18-16(14(22)9-15(23)27)17(10-2-3-12(20)13(21)8-10)25-19(26-18)24-11-4-6-28-7-5-11/h2-3,8-9,11H,4-7,22H2,1H3,(H2,23,27)(H,24,25,26)/b14-9-. The molecule has 0 spiro atoms. The molecule has 1 aromatic heterocycles. The van der Waals surface area contributed by atoms with Gasteiger partial charge >= 0.3 is 0 Å². The van der Waals surface area contributed by atoms with Crippen molar-refractivity contribution in [3.8, 4) is 11.3 Å². The fraction of sp³-hybridized carbons (Fsp3) is 0.316. The predicted molar refractivity (Wildman–Crippen MR) is 118 cm³/mol. The van der Waals surface area contributed by atoms with Gasteiger partial charge in [-0.3, -0.25) is 4.79 Å². The lowest BCUT2D eigenvalue weighted by Crippen LogP contribution is -2.29. The van der Waals surface area contributed by atoms with E-state index in [2.05, 4.69) is 10.3 Å². The minimum absolute atomic E-state index is 0.181. The van der Waals surface area contributed by atoms with E-state index in [1.165, 1.54) is 11.8 Å². The fourth-order valence-corrected chi connectivity index (χ4v) is 3.91. The number of nitrogens with one attached hydrogen (secondary N) is 1. The number of benzene rings is 1. The zero-order chi connectivity index (χ0) is 21.0. The molecule has 0 bridgehead atoms. The molecule has 0 radical (unpaired) electrons. The van der Waals surface area contributed by atoms with Crippen LogP contribution in [0.2, 0.25) is 10.0 Å². The molecule has 1 fully saturated rings. The summed E-state index contributed by atoms with van der Waals surface area (Å²) in [6, 6.07) is 5.39. The number of halogens is 2. The summed E-state index contributed by atoms with van der Waals surface area (Å²) in [5, 5.41) is 4.80. The quantitative estimate of drug-likeness (QED) is 0.347. The lowest BCUT2D eigenvalue weighted by atomic mass is 10.0. The van der Waals surface area contributed by atoms with Gasteiger partial charge in [0.05, 0.1) is 21.3 Å². The van der Waals surface area contributed by atoms with E-state index in [0.717, 1.165) is 18.9 Å². The third-order valence-electron chi connectivity index (χ3n) is 4.40. The van der Waals surface area contributed by atoms with Gasteiger partial charge in [0, 0.05) is 36.6 Å². The van der Waals surface area contributed by atoms with E-state index in [1.807, 2.05) is 6.26 Å². The fourth-order valence-electron chi connectivity index (χ4n) is 3.01. The molecule has 1 saturated heterocycles. The number of ether oxygens (including phenoxy) is 1. The lowest BCUT2D eigenvalue weighted by molar-refractivity contribution is -0.113. The van der Waals surface area contributed by atoms with E-state index in [9.17, 15) is 4.79 Å². The van der Waals surface area contributed by atoms with Crippen LogP contribution in [0.4, 0.5) is 5.95 Å². The minimum atomic E-state index is -0.654. The number of carbonyl (C=O) groups excluding carboxylic acids is 1. The van der Waals surface area contributed by atoms with Gasteiger partial charge in [-0.05, 0) is 31.2 Å². The Hall–Kier alpha value is -2.00. The molecule has 2 heterocycles. The van der Waals surface area contributed by atoms with Crippen molar-refractivity contribution in [2.24, 2.45) is 11.5 Å². The first-order chi connectivity index (χ1) is 13.9. The highest BCUT2D eigenvalue weighted by Crippen LogP contribution is 2.35. The van der Waals surface area contributed by atoms with E-state index in [1.54, 1.807) is 18.2 Å². The van der Waals surface area contributed by atoms with Gasteiger partial charge in [-0.15, -0.1) is 11.8 Å². The van der Waals surface area contributed by atoms with E-state index < -0.39 is 5.91 Å². The summed E-state index contributed by atoms with van der Waals surface area (Å²) in [5.41, 5.74) is 13.4. The normalized spacial score (nSPS) is 15.3. The first-order valence-corrected chi connectivity index (χ1v) is 10.9. The van der Waals surface area contributed by atoms with Crippen molar-refractivity contribution in [1.82, 2.24) is 9.97 Å². The van der Waals surface area contributed by atoms with Crippen molar-refractivity contribution in [3.63, 3.8) is 0 Å². The van der Waals surface area contributed by atoms with Crippen molar-refractivity contribution in [2.75, 3.05) is 24.8 Å². The number of nitrogens with zero attached hydrogens (tertiary/aromatic N) is 2. The zero-order valence-corrected chi connectivity index (χ0v) is 18.1. The highest BCUT2D eigenvalue weighted by atomic mass is 35.5. The van der Waals surface area contributed by atoms with Crippen molar-refractivity contribution in [2.45, 2.75) is 23.9 Å². The Bertz CT molecular complexity index is 948. The molecule has 5 N–H and O–H groups in total. The van der Waals surface area contributed by atoms with Gasteiger partial charge in [0.25, 0.3) is 0 Å². The molecule has 7 nitrogen and oxygen atoms in total. The Balaban J connectivity index is 2.14. The van der Waals surface area contributed by atoms with E-state index in [-0.39, 0.29) is 11.7 Å². The molecule has 10 heteroatoms. The van der Waals surface area contributed by atoms with Gasteiger partial charge in [0.2, 0.25) is 11.9 Å². The molecule has 0 atom stereocenters. The maximum Gasteiger partial charge on any atom is 0.243 e. The van der Waals surface area contributed by atoms with Crippen LogP contribution in [0.5, 0.6) is 0 Å². The number of primary amides is 1. The number of aromatic nitrogens is 2. The predicted octanol–water partition coefficient (Wildman–Crippen LogP) is 3.55. The van der Waals surface area contributed by atoms with Crippen molar-refractivity contribution in [3.05, 3.63) is 39.9 Å². The maximum absolute atomic E-state index is 11.4. The second-order valence-corrected chi connectivity index (χ2v) is 8.05. The largest absolute Gasteiger partial charge is 0.398 e. The Morgan fingerprint density at radius 1 is 1.24 bits per heavy atom. The van der Waals surface area contributed by atoms with Crippen molar-refractivity contribution < 1.29 is 9.53 Å². The van der Waals surface area contributed by atoms with Gasteiger partial charge < -0.3 is 21.5 Å². The summed E-state index contributed by atoms with van der Waals surface area (Å²) in [6.45, 7) is 1.39. The molecule has 0 saturated carbocycles. The van der Waals surface area contributed by atoms with Crippen LogP contribution in [0, 0.1) is 0 Å². The summed E-state index contributed by atoms with van der Waals surface area (Å²) in [4.78, 5) is 20.7. The average molecular weight is 454 g/mol. The number of hydrogen-bond acceptors (Lipinski definition) is 7. The summed E-state index contributed by atoms with van der Waals surface area (Å²) in [5.74, 6) is -0.183. The second-order valence-electron chi connectivity index (χ2n) is 6.44. The first kappa shape index (κ1) is 21.7. The summed E-state index contributed by atoms with van der Waals surface area (Å²) in [7, 11) is 0. The molecule has 1 aliphatic rings. The Kier molecular flexibility index (Phi) is 7.23. The first-order valence-electron chi connectivity index (χ1n) is 8.91. The topological polar surface area (TPSA) is 116 Å². The van der Waals surface area contributed by atoms with Crippen LogP contribution < -0.4 is 16.8 Å².